The summed E-state index contributed by atoms with van der Waals surface area (Å²) < 4.78 is 11.8. The van der Waals surface area contributed by atoms with Gasteiger partial charge in [0.15, 0.2) is 0 Å². The lowest BCUT2D eigenvalue weighted by atomic mass is 10.1. The summed E-state index contributed by atoms with van der Waals surface area (Å²) in [4.78, 5) is 0. The highest BCUT2D eigenvalue weighted by Gasteiger charge is 1.91. The molecule has 0 aromatic heterocycles. The van der Waals surface area contributed by atoms with Crippen LogP contribution in [0.4, 0.5) is 4.39 Å². The molecule has 2 heteroatoms. The van der Waals surface area contributed by atoms with Crippen molar-refractivity contribution in [1.29, 1.82) is 0 Å². The molecular weight excluding hydrogens is 203 g/mol. The van der Waals surface area contributed by atoms with E-state index in [1.54, 1.807) is 0 Å². The Bertz CT molecular complexity index is 146. The van der Waals surface area contributed by atoms with Gasteiger partial charge in [-0.25, -0.2) is 0 Å². The second kappa shape index (κ2) is 14.6. The number of allylic oxidation sites excluding steroid dienone is 1. The maximum Gasteiger partial charge on any atom is 0.0894 e. The molecular formula is C14H27FO. The Morgan fingerprint density at radius 3 is 1.75 bits per heavy atom. The van der Waals surface area contributed by atoms with Gasteiger partial charge in [0, 0.05) is 6.61 Å². The molecule has 0 spiro atoms. The van der Waals surface area contributed by atoms with Crippen molar-refractivity contribution in [1.82, 2.24) is 0 Å². The molecule has 0 amide bonds. The number of aliphatic hydroxyl groups excluding tert-OH is 1. The van der Waals surface area contributed by atoms with Gasteiger partial charge in [-0.05, 0) is 25.7 Å². The van der Waals surface area contributed by atoms with E-state index in [0.717, 1.165) is 25.7 Å². The molecule has 0 aromatic rings. The van der Waals surface area contributed by atoms with Crippen LogP contribution < -0.4 is 0 Å². The number of hydrogen-bond acceptors (Lipinski definition) is 1. The summed E-state index contributed by atoms with van der Waals surface area (Å²) in [7, 11) is 0. The highest BCUT2D eigenvalue weighted by atomic mass is 19.1. The number of alkyl halides is 1. The molecule has 0 radical (unpaired) electrons. The van der Waals surface area contributed by atoms with E-state index in [1.165, 1.54) is 38.5 Å². The third-order valence-electron chi connectivity index (χ3n) is 2.72. The molecule has 0 atom stereocenters. The van der Waals surface area contributed by atoms with Crippen LogP contribution in [0.2, 0.25) is 0 Å². The van der Waals surface area contributed by atoms with Gasteiger partial charge in [-0.2, -0.15) is 0 Å². The molecule has 0 saturated carbocycles. The summed E-state index contributed by atoms with van der Waals surface area (Å²) in [6.07, 6.45) is 15.6. The Labute approximate surface area is 99.8 Å². The van der Waals surface area contributed by atoms with E-state index in [4.69, 9.17) is 5.11 Å². The Morgan fingerprint density at radius 1 is 0.688 bits per heavy atom. The second-order valence-corrected chi connectivity index (χ2v) is 4.29. The zero-order valence-electron chi connectivity index (χ0n) is 10.5. The van der Waals surface area contributed by atoms with Gasteiger partial charge in [0.1, 0.15) is 0 Å². The van der Waals surface area contributed by atoms with Gasteiger partial charge in [-0.1, -0.05) is 50.7 Å². The molecule has 0 bridgehead atoms. The highest BCUT2D eigenvalue weighted by Crippen LogP contribution is 2.10. The number of unbranched alkanes of at least 4 members (excludes halogenated alkanes) is 8. The molecule has 0 heterocycles. The lowest BCUT2D eigenvalue weighted by molar-refractivity contribution is 0.302. The van der Waals surface area contributed by atoms with Crippen molar-refractivity contribution in [3.63, 3.8) is 0 Å². The Morgan fingerprint density at radius 2 is 1.19 bits per heavy atom. The summed E-state index contributed by atoms with van der Waals surface area (Å²) in [6, 6.07) is 0. The monoisotopic (exact) mass is 230 g/mol. The number of rotatable bonds is 12. The van der Waals surface area contributed by atoms with Crippen LogP contribution in [0.1, 0.15) is 64.2 Å². The van der Waals surface area contributed by atoms with Crippen LogP contribution in [-0.4, -0.2) is 18.4 Å². The maximum absolute atomic E-state index is 11.8. The molecule has 0 aromatic carbocycles. The van der Waals surface area contributed by atoms with Gasteiger partial charge in [-0.3, -0.25) is 4.39 Å². The second-order valence-electron chi connectivity index (χ2n) is 4.29. The van der Waals surface area contributed by atoms with E-state index in [0.29, 0.717) is 0 Å². The minimum Gasteiger partial charge on any atom is -0.396 e. The fourth-order valence-corrected chi connectivity index (χ4v) is 1.73. The van der Waals surface area contributed by atoms with Gasteiger partial charge in [-0.15, -0.1) is 0 Å². The van der Waals surface area contributed by atoms with Crippen LogP contribution in [0.3, 0.4) is 0 Å². The fraction of sp³-hybridized carbons (Fsp3) is 0.857. The van der Waals surface area contributed by atoms with Crippen molar-refractivity contribution in [3.05, 3.63) is 12.2 Å². The molecule has 0 aliphatic rings. The van der Waals surface area contributed by atoms with Crippen molar-refractivity contribution in [3.8, 4) is 0 Å². The zero-order valence-corrected chi connectivity index (χ0v) is 10.5. The maximum atomic E-state index is 11.8. The first kappa shape index (κ1) is 15.6. The van der Waals surface area contributed by atoms with Gasteiger partial charge < -0.3 is 5.11 Å². The summed E-state index contributed by atoms with van der Waals surface area (Å²) in [5.41, 5.74) is 0. The molecule has 1 nitrogen and oxygen atoms in total. The van der Waals surface area contributed by atoms with Crippen LogP contribution in [0, 0.1) is 0 Å². The highest BCUT2D eigenvalue weighted by molar-refractivity contribution is 4.80. The normalized spacial score (nSPS) is 11.4. The minimum atomic E-state index is -0.153. The van der Waals surface area contributed by atoms with Crippen LogP contribution in [-0.2, 0) is 0 Å². The Kier molecular flexibility index (Phi) is 14.3. The van der Waals surface area contributed by atoms with Gasteiger partial charge in [0.2, 0.25) is 0 Å². The third-order valence-corrected chi connectivity index (χ3v) is 2.72. The molecule has 0 fully saturated rings. The van der Waals surface area contributed by atoms with Crippen molar-refractivity contribution in [2.24, 2.45) is 0 Å². The van der Waals surface area contributed by atoms with Gasteiger partial charge in [0.25, 0.3) is 0 Å². The predicted molar refractivity (Wildman–Crippen MR) is 68.4 cm³/mol. The van der Waals surface area contributed by atoms with E-state index in [9.17, 15) is 4.39 Å². The molecule has 16 heavy (non-hydrogen) atoms. The van der Waals surface area contributed by atoms with Crippen LogP contribution >= 0.6 is 0 Å². The van der Waals surface area contributed by atoms with E-state index < -0.39 is 0 Å². The van der Waals surface area contributed by atoms with Crippen molar-refractivity contribution >= 4 is 0 Å². The zero-order chi connectivity index (χ0) is 11.9. The van der Waals surface area contributed by atoms with Gasteiger partial charge in [0.05, 0.1) is 6.67 Å². The number of aliphatic hydroxyl groups is 1. The van der Waals surface area contributed by atoms with E-state index >= 15 is 0 Å². The Hall–Kier alpha value is -0.370. The van der Waals surface area contributed by atoms with Crippen LogP contribution in [0.5, 0.6) is 0 Å². The summed E-state index contributed by atoms with van der Waals surface area (Å²) in [5.74, 6) is 0. The number of hydrogen-bond donors (Lipinski definition) is 1. The number of halogens is 1. The Balaban J connectivity index is 2.93. The smallest absolute Gasteiger partial charge is 0.0894 e. The van der Waals surface area contributed by atoms with Gasteiger partial charge >= 0.3 is 0 Å². The lowest BCUT2D eigenvalue weighted by Gasteiger charge is -2.00. The average Bonchev–Trinajstić information content (AvgIpc) is 2.31. The molecule has 96 valence electrons. The average molecular weight is 230 g/mol. The van der Waals surface area contributed by atoms with E-state index in [1.807, 2.05) is 0 Å². The van der Waals surface area contributed by atoms with Crippen molar-refractivity contribution in [2.45, 2.75) is 64.2 Å². The standard InChI is InChI=1S/C14H27FO/c15-13-11-9-7-5-3-1-2-4-6-8-10-12-14-16/h8,10,16H,1-7,9,11-14H2. The largest absolute Gasteiger partial charge is 0.396 e. The quantitative estimate of drug-likeness (QED) is 0.389. The molecule has 0 aliphatic heterocycles. The molecule has 0 unspecified atom stereocenters. The van der Waals surface area contributed by atoms with E-state index in [2.05, 4.69) is 12.2 Å². The third kappa shape index (κ3) is 13.6. The van der Waals surface area contributed by atoms with Crippen LogP contribution in [0.25, 0.3) is 0 Å². The predicted octanol–water partition coefficient (Wildman–Crippen LogP) is 4.41. The molecule has 0 aliphatic carbocycles. The fourth-order valence-electron chi connectivity index (χ4n) is 1.73. The van der Waals surface area contributed by atoms with Crippen molar-refractivity contribution in [2.75, 3.05) is 13.3 Å². The first-order chi connectivity index (χ1) is 7.91. The topological polar surface area (TPSA) is 20.2 Å². The summed E-state index contributed by atoms with van der Waals surface area (Å²) in [6.45, 7) is 0.107. The van der Waals surface area contributed by atoms with Crippen molar-refractivity contribution < 1.29 is 9.50 Å². The first-order valence-corrected chi connectivity index (χ1v) is 6.73. The van der Waals surface area contributed by atoms with E-state index in [-0.39, 0.29) is 13.3 Å². The van der Waals surface area contributed by atoms with Crippen LogP contribution in [0.15, 0.2) is 12.2 Å². The minimum absolute atomic E-state index is 0.153. The summed E-state index contributed by atoms with van der Waals surface area (Å²) >= 11 is 0. The SMILES string of the molecule is OCCC=CCCCCCCCCCCF. The molecule has 0 rings (SSSR count). The first-order valence-electron chi connectivity index (χ1n) is 6.73. The molecule has 0 saturated heterocycles. The summed E-state index contributed by atoms with van der Waals surface area (Å²) in [5, 5.41) is 8.55. The molecule has 1 N–H and O–H groups in total. The lowest BCUT2D eigenvalue weighted by Crippen LogP contribution is -1.82.